The minimum absolute atomic E-state index is 0.213. The standard InChI is InChI=1S/C16H32BNO2/c1-3-4-5-6-7-8-9-10-11-12-13-14-15-16(18-2)17(19)20/h7-8,11-12,16,18-20H,3-6,9-10,13-15H2,1-2H3/b8-7-,12-11-. The molecule has 1 unspecified atom stereocenters. The van der Waals surface area contributed by atoms with Crippen molar-refractivity contribution in [3.63, 3.8) is 0 Å². The average molecular weight is 281 g/mol. The first-order valence-electron chi connectivity index (χ1n) is 8.05. The number of hydrogen-bond donors (Lipinski definition) is 3. The van der Waals surface area contributed by atoms with E-state index >= 15 is 0 Å². The molecule has 0 spiro atoms. The summed E-state index contributed by atoms with van der Waals surface area (Å²) in [5, 5.41) is 21.0. The van der Waals surface area contributed by atoms with Crippen molar-refractivity contribution in [2.75, 3.05) is 7.05 Å². The molecule has 0 aliphatic carbocycles. The number of allylic oxidation sites excluding steroid dienone is 4. The molecule has 1 atom stereocenters. The van der Waals surface area contributed by atoms with Gasteiger partial charge in [0.25, 0.3) is 0 Å². The zero-order valence-corrected chi connectivity index (χ0v) is 13.2. The van der Waals surface area contributed by atoms with Gasteiger partial charge >= 0.3 is 7.12 Å². The maximum absolute atomic E-state index is 9.06. The Morgan fingerprint density at radius 1 is 0.900 bits per heavy atom. The van der Waals surface area contributed by atoms with Gasteiger partial charge in [-0.2, -0.15) is 0 Å². The second kappa shape index (κ2) is 14.8. The van der Waals surface area contributed by atoms with Crippen molar-refractivity contribution in [2.24, 2.45) is 0 Å². The van der Waals surface area contributed by atoms with Gasteiger partial charge in [0.2, 0.25) is 0 Å². The van der Waals surface area contributed by atoms with Gasteiger partial charge in [0.1, 0.15) is 0 Å². The molecule has 0 aromatic carbocycles. The number of rotatable bonds is 13. The summed E-state index contributed by atoms with van der Waals surface area (Å²) in [5.41, 5.74) is 0. The molecule has 20 heavy (non-hydrogen) atoms. The van der Waals surface area contributed by atoms with Crippen LogP contribution in [-0.2, 0) is 0 Å². The van der Waals surface area contributed by atoms with Gasteiger partial charge in [0.15, 0.2) is 0 Å². The third-order valence-electron chi connectivity index (χ3n) is 3.42. The van der Waals surface area contributed by atoms with E-state index in [1.54, 1.807) is 7.05 Å². The maximum Gasteiger partial charge on any atom is 0.469 e. The van der Waals surface area contributed by atoms with Crippen molar-refractivity contribution in [1.29, 1.82) is 0 Å². The minimum Gasteiger partial charge on any atom is -0.426 e. The Kier molecular flexibility index (Phi) is 14.4. The van der Waals surface area contributed by atoms with Crippen LogP contribution in [0.1, 0.15) is 64.7 Å². The highest BCUT2D eigenvalue weighted by Crippen LogP contribution is 2.04. The lowest BCUT2D eigenvalue weighted by molar-refractivity contribution is 0.367. The molecule has 0 aliphatic rings. The average Bonchev–Trinajstić information content (AvgIpc) is 2.43. The molecule has 116 valence electrons. The third-order valence-corrected chi connectivity index (χ3v) is 3.42. The summed E-state index contributed by atoms with van der Waals surface area (Å²) < 4.78 is 0. The minimum atomic E-state index is -1.26. The van der Waals surface area contributed by atoms with Gasteiger partial charge < -0.3 is 15.4 Å². The van der Waals surface area contributed by atoms with Crippen LogP contribution in [0.15, 0.2) is 24.3 Å². The van der Waals surface area contributed by atoms with Crippen molar-refractivity contribution in [3.8, 4) is 0 Å². The molecule has 0 rings (SSSR count). The summed E-state index contributed by atoms with van der Waals surface area (Å²) in [6, 6.07) is 0. The summed E-state index contributed by atoms with van der Waals surface area (Å²) in [6.45, 7) is 2.23. The van der Waals surface area contributed by atoms with Gasteiger partial charge in [-0.15, -0.1) is 0 Å². The van der Waals surface area contributed by atoms with Gasteiger partial charge in [0, 0.05) is 5.94 Å². The maximum atomic E-state index is 9.06. The lowest BCUT2D eigenvalue weighted by atomic mass is 9.77. The predicted molar refractivity (Wildman–Crippen MR) is 88.5 cm³/mol. The molecule has 0 fully saturated rings. The quantitative estimate of drug-likeness (QED) is 0.276. The first-order chi connectivity index (χ1) is 9.72. The monoisotopic (exact) mass is 281 g/mol. The van der Waals surface area contributed by atoms with E-state index in [0.29, 0.717) is 0 Å². The highest BCUT2D eigenvalue weighted by Gasteiger charge is 2.19. The number of unbranched alkanes of at least 4 members (excludes halogenated alkanes) is 5. The van der Waals surface area contributed by atoms with Crippen molar-refractivity contribution >= 4 is 7.12 Å². The van der Waals surface area contributed by atoms with Crippen molar-refractivity contribution in [3.05, 3.63) is 24.3 Å². The molecule has 0 amide bonds. The number of hydrogen-bond acceptors (Lipinski definition) is 3. The first-order valence-corrected chi connectivity index (χ1v) is 8.05. The molecule has 0 radical (unpaired) electrons. The Balaban J connectivity index is 3.40. The molecule has 0 saturated heterocycles. The SMILES string of the molecule is CCCCC/C=C\CC/C=C\CCCC(NC)B(O)O. The fourth-order valence-electron chi connectivity index (χ4n) is 2.07. The fourth-order valence-corrected chi connectivity index (χ4v) is 2.07. The summed E-state index contributed by atoms with van der Waals surface area (Å²) in [6.07, 6.45) is 19.1. The molecule has 0 aromatic rings. The van der Waals surface area contributed by atoms with Crippen LogP contribution in [0.3, 0.4) is 0 Å². The van der Waals surface area contributed by atoms with Crippen molar-refractivity contribution in [1.82, 2.24) is 5.32 Å². The van der Waals surface area contributed by atoms with E-state index in [0.717, 1.165) is 32.1 Å². The highest BCUT2D eigenvalue weighted by molar-refractivity contribution is 6.43. The Bertz CT molecular complexity index is 255. The van der Waals surface area contributed by atoms with Crippen LogP contribution >= 0.6 is 0 Å². The summed E-state index contributed by atoms with van der Waals surface area (Å²) >= 11 is 0. The molecule has 0 bridgehead atoms. The lowest BCUT2D eigenvalue weighted by Crippen LogP contribution is -2.41. The zero-order valence-electron chi connectivity index (χ0n) is 13.2. The molecular weight excluding hydrogens is 249 g/mol. The van der Waals surface area contributed by atoms with Gasteiger partial charge in [-0.25, -0.2) is 0 Å². The normalized spacial score (nSPS) is 13.4. The van der Waals surface area contributed by atoms with Crippen LogP contribution in [0.25, 0.3) is 0 Å². The predicted octanol–water partition coefficient (Wildman–Crippen LogP) is 3.23. The number of nitrogens with one attached hydrogen (secondary N) is 1. The van der Waals surface area contributed by atoms with Crippen LogP contribution in [0.4, 0.5) is 0 Å². The summed E-state index contributed by atoms with van der Waals surface area (Å²) in [4.78, 5) is 0. The van der Waals surface area contributed by atoms with E-state index in [-0.39, 0.29) is 5.94 Å². The fraction of sp³-hybridized carbons (Fsp3) is 0.750. The third kappa shape index (κ3) is 12.5. The summed E-state index contributed by atoms with van der Waals surface area (Å²) in [7, 11) is 0.495. The van der Waals surface area contributed by atoms with E-state index in [4.69, 9.17) is 10.0 Å². The van der Waals surface area contributed by atoms with Crippen LogP contribution in [-0.4, -0.2) is 30.2 Å². The van der Waals surface area contributed by atoms with Crippen molar-refractivity contribution < 1.29 is 10.0 Å². The van der Waals surface area contributed by atoms with Gasteiger partial charge in [-0.3, -0.25) is 0 Å². The molecule has 0 heterocycles. The topological polar surface area (TPSA) is 52.5 Å². The molecule has 0 aromatic heterocycles. The van der Waals surface area contributed by atoms with E-state index in [1.807, 2.05) is 0 Å². The molecule has 0 aliphatic heterocycles. The van der Waals surface area contributed by atoms with E-state index in [2.05, 4.69) is 36.5 Å². The molecule has 3 N–H and O–H groups in total. The van der Waals surface area contributed by atoms with E-state index < -0.39 is 7.12 Å². The van der Waals surface area contributed by atoms with Crippen LogP contribution in [0.5, 0.6) is 0 Å². The largest absolute Gasteiger partial charge is 0.469 e. The van der Waals surface area contributed by atoms with Crippen LogP contribution < -0.4 is 5.32 Å². The molecule has 4 heteroatoms. The smallest absolute Gasteiger partial charge is 0.426 e. The Morgan fingerprint density at radius 3 is 1.95 bits per heavy atom. The Hall–Kier alpha value is -0.575. The Labute approximate surface area is 125 Å². The lowest BCUT2D eigenvalue weighted by Gasteiger charge is -2.13. The first kappa shape index (κ1) is 19.4. The van der Waals surface area contributed by atoms with Crippen molar-refractivity contribution in [2.45, 2.75) is 70.7 Å². The zero-order chi connectivity index (χ0) is 15.1. The second-order valence-electron chi connectivity index (χ2n) is 5.26. The highest BCUT2D eigenvalue weighted by atomic mass is 16.4. The van der Waals surface area contributed by atoms with Gasteiger partial charge in [-0.05, 0) is 52.0 Å². The summed E-state index contributed by atoms with van der Waals surface area (Å²) in [5.74, 6) is -0.213. The van der Waals surface area contributed by atoms with E-state index in [1.165, 1.54) is 25.7 Å². The molecule has 3 nitrogen and oxygen atoms in total. The van der Waals surface area contributed by atoms with Gasteiger partial charge in [-0.1, -0.05) is 44.1 Å². The van der Waals surface area contributed by atoms with Crippen LogP contribution in [0, 0.1) is 0 Å². The molecular formula is C16H32BNO2. The Morgan fingerprint density at radius 2 is 1.45 bits per heavy atom. The molecule has 0 saturated carbocycles. The van der Waals surface area contributed by atoms with Crippen LogP contribution in [0.2, 0.25) is 0 Å². The second-order valence-corrected chi connectivity index (χ2v) is 5.26. The van der Waals surface area contributed by atoms with E-state index in [9.17, 15) is 0 Å². The van der Waals surface area contributed by atoms with Gasteiger partial charge in [0.05, 0.1) is 0 Å².